The molecule has 1 aromatic carbocycles. The van der Waals surface area contributed by atoms with Crippen LogP contribution in [-0.2, 0) is 0 Å². The molecule has 0 aliphatic heterocycles. The lowest BCUT2D eigenvalue weighted by Crippen LogP contribution is -2.12. The molecule has 0 saturated heterocycles. The van der Waals surface area contributed by atoms with E-state index >= 15 is 0 Å². The Balaban J connectivity index is 3.40. The average Bonchev–Trinajstić information content (AvgIpc) is 2.16. The normalized spacial score (nSPS) is 9.60. The maximum Gasteiger partial charge on any atom is 0.286 e. The first-order chi connectivity index (χ1) is 6.93. The van der Waals surface area contributed by atoms with E-state index in [-0.39, 0.29) is 16.2 Å². The zero-order chi connectivity index (χ0) is 11.6. The first-order valence-corrected chi connectivity index (χ1v) is 4.07. The number of nitrogens with two attached hydrogens (primary N) is 1. The highest BCUT2D eigenvalue weighted by molar-refractivity contribution is 7.80. The van der Waals surface area contributed by atoms with Gasteiger partial charge in [0.15, 0.2) is 0 Å². The number of nitrogens with zero attached hydrogens (tertiary/aromatic N) is 2. The predicted molar refractivity (Wildman–Crippen MR) is 55.6 cm³/mol. The van der Waals surface area contributed by atoms with Gasteiger partial charge in [0.1, 0.15) is 4.99 Å². The van der Waals surface area contributed by atoms with Crippen molar-refractivity contribution >= 4 is 28.6 Å². The number of nitro benzene ring substituents is 2. The van der Waals surface area contributed by atoms with E-state index in [1.165, 1.54) is 6.07 Å². The molecule has 0 aliphatic rings. The lowest BCUT2D eigenvalue weighted by molar-refractivity contribution is -0.394. The van der Waals surface area contributed by atoms with Crippen molar-refractivity contribution in [2.24, 2.45) is 5.73 Å². The first-order valence-electron chi connectivity index (χ1n) is 3.66. The van der Waals surface area contributed by atoms with Gasteiger partial charge in [0.2, 0.25) is 0 Å². The molecule has 78 valence electrons. The van der Waals surface area contributed by atoms with E-state index < -0.39 is 15.5 Å². The number of non-ortho nitro benzene ring substituents is 1. The van der Waals surface area contributed by atoms with Crippen molar-refractivity contribution in [2.75, 3.05) is 0 Å². The molecule has 15 heavy (non-hydrogen) atoms. The fraction of sp³-hybridized carbons (Fsp3) is 0. The van der Waals surface area contributed by atoms with Crippen LogP contribution in [0.2, 0.25) is 0 Å². The molecule has 8 heteroatoms. The Morgan fingerprint density at radius 1 is 1.27 bits per heavy atom. The molecule has 0 unspecified atom stereocenters. The van der Waals surface area contributed by atoms with Crippen molar-refractivity contribution < 1.29 is 9.85 Å². The van der Waals surface area contributed by atoms with Crippen LogP contribution in [0.15, 0.2) is 18.2 Å². The summed E-state index contributed by atoms with van der Waals surface area (Å²) in [5.41, 5.74) is 4.42. The highest BCUT2D eigenvalue weighted by Crippen LogP contribution is 2.24. The van der Waals surface area contributed by atoms with Crippen LogP contribution in [0, 0.1) is 20.2 Å². The van der Waals surface area contributed by atoms with Crippen LogP contribution in [0.5, 0.6) is 0 Å². The largest absolute Gasteiger partial charge is 0.389 e. The molecule has 0 spiro atoms. The molecule has 0 radical (unpaired) electrons. The van der Waals surface area contributed by atoms with Crippen molar-refractivity contribution in [3.63, 3.8) is 0 Å². The molecule has 0 saturated carbocycles. The Labute approximate surface area is 88.8 Å². The maximum absolute atomic E-state index is 10.6. The van der Waals surface area contributed by atoms with E-state index in [9.17, 15) is 20.2 Å². The first kappa shape index (κ1) is 11.0. The van der Waals surface area contributed by atoms with Crippen LogP contribution in [0.4, 0.5) is 11.4 Å². The molecule has 0 aliphatic carbocycles. The van der Waals surface area contributed by atoms with Gasteiger partial charge in [-0.25, -0.2) is 0 Å². The number of thiocarbonyl (C=S) groups is 1. The summed E-state index contributed by atoms with van der Waals surface area (Å²) in [6.07, 6.45) is 0. The molecular formula is C7H5N3O4S. The minimum Gasteiger partial charge on any atom is -0.389 e. The van der Waals surface area contributed by atoms with Gasteiger partial charge in [-0.2, -0.15) is 0 Å². The van der Waals surface area contributed by atoms with Crippen molar-refractivity contribution in [2.45, 2.75) is 0 Å². The van der Waals surface area contributed by atoms with E-state index in [4.69, 9.17) is 5.73 Å². The Morgan fingerprint density at radius 3 is 2.27 bits per heavy atom. The van der Waals surface area contributed by atoms with Crippen LogP contribution in [0.25, 0.3) is 0 Å². The third-order valence-electron chi connectivity index (χ3n) is 1.65. The highest BCUT2D eigenvalue weighted by atomic mass is 32.1. The van der Waals surface area contributed by atoms with Gasteiger partial charge in [0.25, 0.3) is 11.4 Å². The van der Waals surface area contributed by atoms with Gasteiger partial charge in [-0.1, -0.05) is 12.2 Å². The number of nitro groups is 2. The van der Waals surface area contributed by atoms with Crippen molar-refractivity contribution in [3.05, 3.63) is 44.0 Å². The number of hydrogen-bond acceptors (Lipinski definition) is 5. The summed E-state index contributed by atoms with van der Waals surface area (Å²) in [7, 11) is 0. The van der Waals surface area contributed by atoms with E-state index in [0.29, 0.717) is 0 Å². The molecule has 0 fully saturated rings. The summed E-state index contributed by atoms with van der Waals surface area (Å²) in [5, 5.41) is 20.9. The highest BCUT2D eigenvalue weighted by Gasteiger charge is 2.20. The van der Waals surface area contributed by atoms with Gasteiger partial charge in [0, 0.05) is 6.07 Å². The van der Waals surface area contributed by atoms with E-state index in [1.54, 1.807) is 0 Å². The van der Waals surface area contributed by atoms with E-state index in [1.807, 2.05) is 0 Å². The third-order valence-corrected chi connectivity index (χ3v) is 1.87. The van der Waals surface area contributed by atoms with Gasteiger partial charge in [-0.05, 0) is 6.07 Å². The summed E-state index contributed by atoms with van der Waals surface area (Å²) in [5.74, 6) is 0. The zero-order valence-electron chi connectivity index (χ0n) is 7.25. The fourth-order valence-electron chi connectivity index (χ4n) is 0.993. The van der Waals surface area contributed by atoms with Gasteiger partial charge in [-0.3, -0.25) is 20.2 Å². The predicted octanol–water partition coefficient (Wildman–Crippen LogP) is 1.14. The minimum atomic E-state index is -0.762. The van der Waals surface area contributed by atoms with Crippen LogP contribution >= 0.6 is 12.2 Å². The second-order valence-electron chi connectivity index (χ2n) is 2.58. The monoisotopic (exact) mass is 227 g/mol. The zero-order valence-corrected chi connectivity index (χ0v) is 8.06. The summed E-state index contributed by atoms with van der Waals surface area (Å²) in [6, 6.07) is 3.11. The van der Waals surface area contributed by atoms with Crippen molar-refractivity contribution in [3.8, 4) is 0 Å². The smallest absolute Gasteiger partial charge is 0.286 e. The molecule has 0 aromatic heterocycles. The molecule has 1 rings (SSSR count). The Hall–Kier alpha value is -2.09. The van der Waals surface area contributed by atoms with Gasteiger partial charge < -0.3 is 5.73 Å². The van der Waals surface area contributed by atoms with Crippen LogP contribution in [0.1, 0.15) is 5.56 Å². The molecular weight excluding hydrogens is 222 g/mol. The fourth-order valence-corrected chi connectivity index (χ4v) is 1.17. The molecule has 0 heterocycles. The van der Waals surface area contributed by atoms with Crippen molar-refractivity contribution in [1.82, 2.24) is 0 Å². The Morgan fingerprint density at radius 2 is 1.87 bits per heavy atom. The topological polar surface area (TPSA) is 112 Å². The molecule has 0 atom stereocenters. The second kappa shape index (κ2) is 3.96. The van der Waals surface area contributed by atoms with Crippen LogP contribution in [-0.4, -0.2) is 14.8 Å². The van der Waals surface area contributed by atoms with Gasteiger partial charge in [0.05, 0.1) is 21.5 Å². The molecule has 0 amide bonds. The number of hydrogen-bond donors (Lipinski definition) is 1. The van der Waals surface area contributed by atoms with Crippen LogP contribution < -0.4 is 5.73 Å². The lowest BCUT2D eigenvalue weighted by atomic mass is 10.1. The second-order valence-corrected chi connectivity index (χ2v) is 3.02. The van der Waals surface area contributed by atoms with Gasteiger partial charge in [-0.15, -0.1) is 0 Å². The third kappa shape index (κ3) is 2.23. The molecule has 0 bridgehead atoms. The summed E-state index contributed by atoms with van der Waals surface area (Å²) in [6.45, 7) is 0. The number of rotatable bonds is 3. The SMILES string of the molecule is NC(=S)c1ccc([N+](=O)[O-])cc1[N+](=O)[O-]. The van der Waals surface area contributed by atoms with Gasteiger partial charge >= 0.3 is 0 Å². The summed E-state index contributed by atoms with van der Waals surface area (Å²) in [4.78, 5) is 19.3. The Bertz CT molecular complexity index is 460. The Kier molecular flexibility index (Phi) is 2.90. The maximum atomic E-state index is 10.6. The summed E-state index contributed by atoms with van der Waals surface area (Å²) < 4.78 is 0. The van der Waals surface area contributed by atoms with E-state index in [2.05, 4.69) is 12.2 Å². The summed E-state index contributed by atoms with van der Waals surface area (Å²) >= 11 is 4.58. The standard InChI is InChI=1S/C7H5N3O4S/c8-7(15)5-2-1-4(9(11)12)3-6(5)10(13)14/h1-3H,(H2,8,15). The molecule has 1 aromatic rings. The number of benzene rings is 1. The van der Waals surface area contributed by atoms with Crippen LogP contribution in [0.3, 0.4) is 0 Å². The average molecular weight is 227 g/mol. The molecule has 7 nitrogen and oxygen atoms in total. The minimum absolute atomic E-state index is 0.0144. The van der Waals surface area contributed by atoms with Crippen molar-refractivity contribution in [1.29, 1.82) is 0 Å². The quantitative estimate of drug-likeness (QED) is 0.470. The lowest BCUT2D eigenvalue weighted by Gasteiger charge is -1.99. The van der Waals surface area contributed by atoms with E-state index in [0.717, 1.165) is 12.1 Å². The molecule has 2 N–H and O–H groups in total.